The average molecular weight is 273 g/mol. The van der Waals surface area contributed by atoms with Crippen molar-refractivity contribution in [2.45, 2.75) is 32.8 Å². The molecule has 1 rings (SSSR count). The van der Waals surface area contributed by atoms with Crippen LogP contribution in [0.3, 0.4) is 0 Å². The molecule has 0 radical (unpaired) electrons. The largest absolute Gasteiger partial charge is 0.459 e. The highest BCUT2D eigenvalue weighted by atomic mass is 19.2. The van der Waals surface area contributed by atoms with Gasteiger partial charge in [-0.1, -0.05) is 13.3 Å². The molecule has 0 heterocycles. The van der Waals surface area contributed by atoms with Crippen LogP contribution in [0.25, 0.3) is 0 Å². The van der Waals surface area contributed by atoms with Gasteiger partial charge in [-0.3, -0.25) is 10.1 Å². The van der Waals surface area contributed by atoms with E-state index in [0.717, 1.165) is 6.42 Å². The molecule has 0 aromatic heterocycles. The topological polar surface area (TPSA) is 69.4 Å². The molecule has 0 amide bonds. The molecule has 0 spiro atoms. The van der Waals surface area contributed by atoms with Crippen LogP contribution in [0.5, 0.6) is 0 Å². The zero-order valence-electron chi connectivity index (χ0n) is 10.5. The van der Waals surface area contributed by atoms with E-state index in [0.29, 0.717) is 18.6 Å². The molecule has 1 unspecified atom stereocenters. The van der Waals surface area contributed by atoms with Crippen molar-refractivity contribution in [3.05, 3.63) is 39.4 Å². The first-order chi connectivity index (χ1) is 8.86. The van der Waals surface area contributed by atoms with Crippen molar-refractivity contribution in [1.29, 1.82) is 0 Å². The summed E-state index contributed by atoms with van der Waals surface area (Å²) in [5, 5.41) is 10.7. The smallest absolute Gasteiger partial charge is 0.345 e. The van der Waals surface area contributed by atoms with Gasteiger partial charge in [-0.05, 0) is 19.4 Å². The highest BCUT2D eigenvalue weighted by Gasteiger charge is 2.26. The number of nitro benzene ring substituents is 1. The molecule has 19 heavy (non-hydrogen) atoms. The fourth-order valence-electron chi connectivity index (χ4n) is 1.56. The van der Waals surface area contributed by atoms with Gasteiger partial charge in [0.25, 0.3) is 5.69 Å². The number of ether oxygens (including phenoxy) is 1. The number of halogens is 2. The molecule has 7 heteroatoms. The molecule has 0 saturated heterocycles. The molecule has 0 aliphatic heterocycles. The first-order valence-electron chi connectivity index (χ1n) is 5.71. The van der Waals surface area contributed by atoms with E-state index < -0.39 is 39.9 Å². The molecule has 1 atom stereocenters. The molecule has 0 aliphatic carbocycles. The number of rotatable bonds is 5. The third kappa shape index (κ3) is 3.70. The summed E-state index contributed by atoms with van der Waals surface area (Å²) in [6.07, 6.45) is 0.877. The summed E-state index contributed by atoms with van der Waals surface area (Å²) in [7, 11) is 0. The Morgan fingerprint density at radius 2 is 2.00 bits per heavy atom. The summed E-state index contributed by atoms with van der Waals surface area (Å²) in [5.41, 5.74) is -1.40. The normalized spacial score (nSPS) is 12.0. The van der Waals surface area contributed by atoms with E-state index in [1.54, 1.807) is 6.92 Å². The predicted octanol–water partition coefficient (Wildman–Crippen LogP) is 3.22. The number of esters is 1. The van der Waals surface area contributed by atoms with Gasteiger partial charge in [0.15, 0.2) is 11.6 Å². The minimum Gasteiger partial charge on any atom is -0.459 e. The maximum Gasteiger partial charge on any atom is 0.345 e. The lowest BCUT2D eigenvalue weighted by atomic mass is 10.1. The number of hydrogen-bond donors (Lipinski definition) is 0. The summed E-state index contributed by atoms with van der Waals surface area (Å²) in [6.45, 7) is 3.50. The van der Waals surface area contributed by atoms with Crippen molar-refractivity contribution in [3.63, 3.8) is 0 Å². The van der Waals surface area contributed by atoms with Gasteiger partial charge >= 0.3 is 5.97 Å². The number of benzene rings is 1. The fourth-order valence-corrected chi connectivity index (χ4v) is 1.56. The van der Waals surface area contributed by atoms with Gasteiger partial charge in [-0.25, -0.2) is 13.6 Å². The summed E-state index contributed by atoms with van der Waals surface area (Å²) in [5.74, 6) is -3.75. The molecule has 0 bridgehead atoms. The van der Waals surface area contributed by atoms with Crippen LogP contribution in [-0.2, 0) is 4.74 Å². The lowest BCUT2D eigenvalue weighted by Crippen LogP contribution is -2.16. The molecule has 0 N–H and O–H groups in total. The van der Waals surface area contributed by atoms with E-state index in [1.165, 1.54) is 0 Å². The molecule has 5 nitrogen and oxygen atoms in total. The Balaban J connectivity index is 3.08. The van der Waals surface area contributed by atoms with Crippen molar-refractivity contribution in [3.8, 4) is 0 Å². The zero-order valence-corrected chi connectivity index (χ0v) is 10.5. The van der Waals surface area contributed by atoms with E-state index in [-0.39, 0.29) is 0 Å². The van der Waals surface area contributed by atoms with Gasteiger partial charge < -0.3 is 4.74 Å². The maximum absolute atomic E-state index is 13.1. The third-order valence-electron chi connectivity index (χ3n) is 2.46. The van der Waals surface area contributed by atoms with Crippen molar-refractivity contribution >= 4 is 11.7 Å². The standard InChI is InChI=1S/C12H13F2NO4/c1-3-4-7(2)19-12(16)8-5-9(13)10(14)6-11(8)15(17)18/h5-7H,3-4H2,1-2H3. The van der Waals surface area contributed by atoms with Crippen molar-refractivity contribution in [2.75, 3.05) is 0 Å². The van der Waals surface area contributed by atoms with Gasteiger partial charge in [0.1, 0.15) is 5.56 Å². The zero-order chi connectivity index (χ0) is 14.6. The Morgan fingerprint density at radius 1 is 1.42 bits per heavy atom. The quantitative estimate of drug-likeness (QED) is 0.469. The number of hydrogen-bond acceptors (Lipinski definition) is 4. The average Bonchev–Trinajstić information content (AvgIpc) is 2.31. The number of carbonyl (C=O) groups is 1. The molecule has 0 aliphatic rings. The molecular formula is C12H13F2NO4. The minimum absolute atomic E-state index is 0.371. The molecule has 0 saturated carbocycles. The summed E-state index contributed by atoms with van der Waals surface area (Å²) < 4.78 is 30.9. The molecular weight excluding hydrogens is 260 g/mol. The molecule has 0 fully saturated rings. The van der Waals surface area contributed by atoms with Crippen LogP contribution in [-0.4, -0.2) is 17.0 Å². The predicted molar refractivity (Wildman–Crippen MR) is 62.8 cm³/mol. The van der Waals surface area contributed by atoms with Crippen molar-refractivity contribution < 1.29 is 23.2 Å². The second-order valence-corrected chi connectivity index (χ2v) is 4.05. The second kappa shape index (κ2) is 6.21. The SMILES string of the molecule is CCCC(C)OC(=O)c1cc(F)c(F)cc1[N+](=O)[O-]. The van der Waals surface area contributed by atoms with Gasteiger partial charge in [-0.2, -0.15) is 0 Å². The van der Waals surface area contributed by atoms with Crippen LogP contribution in [0, 0.1) is 21.7 Å². The molecule has 1 aromatic carbocycles. The Hall–Kier alpha value is -2.05. The van der Waals surface area contributed by atoms with Crippen LogP contribution in [0.4, 0.5) is 14.5 Å². The summed E-state index contributed by atoms with van der Waals surface area (Å²) >= 11 is 0. The number of nitrogens with zero attached hydrogens (tertiary/aromatic N) is 1. The Labute approximate surface area is 108 Å². The lowest BCUT2D eigenvalue weighted by Gasteiger charge is -2.12. The van der Waals surface area contributed by atoms with Crippen LogP contribution >= 0.6 is 0 Å². The van der Waals surface area contributed by atoms with E-state index in [1.807, 2.05) is 6.92 Å². The lowest BCUT2D eigenvalue weighted by molar-refractivity contribution is -0.385. The van der Waals surface area contributed by atoms with Crippen LogP contribution in [0.15, 0.2) is 12.1 Å². The molecule has 104 valence electrons. The fraction of sp³-hybridized carbons (Fsp3) is 0.417. The Morgan fingerprint density at radius 3 is 2.53 bits per heavy atom. The van der Waals surface area contributed by atoms with Gasteiger partial charge in [0.2, 0.25) is 0 Å². The first-order valence-corrected chi connectivity index (χ1v) is 5.71. The third-order valence-corrected chi connectivity index (χ3v) is 2.46. The minimum atomic E-state index is -1.38. The van der Waals surface area contributed by atoms with Crippen molar-refractivity contribution in [2.24, 2.45) is 0 Å². The first kappa shape index (κ1) is 15.0. The number of carbonyl (C=O) groups excluding carboxylic acids is 1. The van der Waals surface area contributed by atoms with Gasteiger partial charge in [0.05, 0.1) is 17.1 Å². The summed E-state index contributed by atoms with van der Waals surface area (Å²) in [6, 6.07) is 0.852. The number of nitro groups is 1. The highest BCUT2D eigenvalue weighted by Crippen LogP contribution is 2.23. The monoisotopic (exact) mass is 273 g/mol. The highest BCUT2D eigenvalue weighted by molar-refractivity contribution is 5.94. The summed E-state index contributed by atoms with van der Waals surface area (Å²) in [4.78, 5) is 21.5. The Kier molecular flexibility index (Phi) is 4.91. The van der Waals surface area contributed by atoms with E-state index in [9.17, 15) is 23.7 Å². The molecule has 1 aromatic rings. The Bertz CT molecular complexity index is 505. The van der Waals surface area contributed by atoms with E-state index >= 15 is 0 Å². The van der Waals surface area contributed by atoms with Gasteiger partial charge in [-0.15, -0.1) is 0 Å². The van der Waals surface area contributed by atoms with Crippen LogP contribution < -0.4 is 0 Å². The van der Waals surface area contributed by atoms with Crippen molar-refractivity contribution in [1.82, 2.24) is 0 Å². The van der Waals surface area contributed by atoms with Crippen LogP contribution in [0.1, 0.15) is 37.0 Å². The van der Waals surface area contributed by atoms with Gasteiger partial charge in [0, 0.05) is 0 Å². The van der Waals surface area contributed by atoms with Crippen LogP contribution in [0.2, 0.25) is 0 Å². The second-order valence-electron chi connectivity index (χ2n) is 4.05. The maximum atomic E-state index is 13.1. The van der Waals surface area contributed by atoms with E-state index in [4.69, 9.17) is 4.74 Å². The van der Waals surface area contributed by atoms with E-state index in [2.05, 4.69) is 0 Å².